The third-order valence-corrected chi connectivity index (χ3v) is 5.41. The lowest BCUT2D eigenvalue weighted by atomic mass is 10.1. The molecule has 0 bridgehead atoms. The number of amides is 2. The molecule has 2 amide bonds. The minimum Gasteiger partial charge on any atom is -0.497 e. The van der Waals surface area contributed by atoms with Gasteiger partial charge in [0.1, 0.15) is 5.75 Å². The van der Waals surface area contributed by atoms with Gasteiger partial charge in [0, 0.05) is 16.6 Å². The van der Waals surface area contributed by atoms with Gasteiger partial charge in [-0.1, -0.05) is 48.2 Å². The molecule has 0 fully saturated rings. The molecule has 4 aromatic rings. The molecule has 2 N–H and O–H groups in total. The second kappa shape index (κ2) is 9.97. The highest BCUT2D eigenvalue weighted by Gasteiger charge is 2.12. The molecule has 0 atom stereocenters. The Morgan fingerprint density at radius 3 is 2.59 bits per heavy atom. The summed E-state index contributed by atoms with van der Waals surface area (Å²) < 4.78 is 10.6. The molecule has 0 aliphatic rings. The highest BCUT2D eigenvalue weighted by Crippen LogP contribution is 2.24. The monoisotopic (exact) mass is 448 g/mol. The van der Waals surface area contributed by atoms with E-state index in [1.165, 1.54) is 0 Å². The van der Waals surface area contributed by atoms with Gasteiger partial charge >= 0.3 is 0 Å². The van der Waals surface area contributed by atoms with Crippen LogP contribution in [-0.4, -0.2) is 34.9 Å². The van der Waals surface area contributed by atoms with Gasteiger partial charge in [-0.25, -0.2) is 0 Å². The van der Waals surface area contributed by atoms with Crippen LogP contribution in [0.5, 0.6) is 5.75 Å². The van der Waals surface area contributed by atoms with Gasteiger partial charge in [-0.05, 0) is 35.7 Å². The van der Waals surface area contributed by atoms with E-state index < -0.39 is 0 Å². The van der Waals surface area contributed by atoms with Crippen LogP contribution < -0.4 is 15.4 Å². The summed E-state index contributed by atoms with van der Waals surface area (Å²) in [5.74, 6) is 0.588. The maximum absolute atomic E-state index is 12.4. The quantitative estimate of drug-likeness (QED) is 0.394. The number of benzene rings is 3. The number of fused-ring (bicyclic) bond motifs is 1. The first-order valence-corrected chi connectivity index (χ1v) is 10.8. The van der Waals surface area contributed by atoms with Crippen LogP contribution in [0.2, 0.25) is 0 Å². The molecule has 0 unspecified atom stereocenters. The molecule has 32 heavy (non-hydrogen) atoms. The van der Waals surface area contributed by atoms with Crippen molar-refractivity contribution in [2.45, 2.75) is 11.8 Å². The van der Waals surface area contributed by atoms with Crippen LogP contribution in [0.25, 0.3) is 10.8 Å². The smallest absolute Gasteiger partial charge is 0.277 e. The number of nitrogens with one attached hydrogen (secondary N) is 2. The van der Waals surface area contributed by atoms with E-state index >= 15 is 0 Å². The molecule has 0 aliphatic heterocycles. The summed E-state index contributed by atoms with van der Waals surface area (Å²) in [5, 5.41) is 15.7. The van der Waals surface area contributed by atoms with E-state index in [4.69, 9.17) is 9.15 Å². The van der Waals surface area contributed by atoms with Crippen molar-refractivity contribution in [3.63, 3.8) is 0 Å². The van der Waals surface area contributed by atoms with Gasteiger partial charge in [0.15, 0.2) is 0 Å². The van der Waals surface area contributed by atoms with Crippen LogP contribution in [0.3, 0.4) is 0 Å². The van der Waals surface area contributed by atoms with Gasteiger partial charge in [-0.15, -0.1) is 10.2 Å². The molecule has 162 valence electrons. The van der Waals surface area contributed by atoms with Crippen molar-refractivity contribution in [1.29, 1.82) is 0 Å². The number of anilines is 1. The molecular formula is C23H20N4O4S. The summed E-state index contributed by atoms with van der Waals surface area (Å²) in [5.41, 5.74) is 1.24. The number of aromatic nitrogens is 2. The number of nitrogens with zero attached hydrogens (tertiary/aromatic N) is 2. The number of hydrogen-bond acceptors (Lipinski definition) is 7. The van der Waals surface area contributed by atoms with Crippen LogP contribution in [0.4, 0.5) is 5.69 Å². The Kier molecular flexibility index (Phi) is 6.66. The van der Waals surface area contributed by atoms with Gasteiger partial charge in [0.25, 0.3) is 11.1 Å². The van der Waals surface area contributed by atoms with E-state index in [9.17, 15) is 9.59 Å². The number of methoxy groups -OCH3 is 1. The Bertz CT molecular complexity index is 1230. The Morgan fingerprint density at radius 1 is 1.00 bits per heavy atom. The van der Waals surface area contributed by atoms with E-state index in [2.05, 4.69) is 20.8 Å². The molecule has 1 aromatic heterocycles. The molecule has 4 rings (SSSR count). The number of carbonyl (C=O) groups is 2. The SMILES string of the molecule is COc1ccc(C(=O)NCc2nnc(SCC(=O)Nc3cccc4ccccc34)o2)cc1. The Hall–Kier alpha value is -3.85. The summed E-state index contributed by atoms with van der Waals surface area (Å²) >= 11 is 1.13. The third kappa shape index (κ3) is 5.25. The summed E-state index contributed by atoms with van der Waals surface area (Å²) in [6, 6.07) is 20.3. The summed E-state index contributed by atoms with van der Waals surface area (Å²) in [6.07, 6.45) is 0. The number of thioether (sulfide) groups is 1. The molecule has 0 radical (unpaired) electrons. The van der Waals surface area contributed by atoms with E-state index in [1.807, 2.05) is 42.5 Å². The Balaban J connectivity index is 1.27. The lowest BCUT2D eigenvalue weighted by Crippen LogP contribution is -2.22. The van der Waals surface area contributed by atoms with Gasteiger partial charge < -0.3 is 19.8 Å². The largest absolute Gasteiger partial charge is 0.497 e. The van der Waals surface area contributed by atoms with Crippen LogP contribution >= 0.6 is 11.8 Å². The van der Waals surface area contributed by atoms with Crippen molar-refractivity contribution in [3.8, 4) is 5.75 Å². The predicted molar refractivity (Wildman–Crippen MR) is 122 cm³/mol. The molecule has 8 nitrogen and oxygen atoms in total. The molecule has 3 aromatic carbocycles. The van der Waals surface area contributed by atoms with Crippen LogP contribution in [0.1, 0.15) is 16.2 Å². The zero-order valence-electron chi connectivity index (χ0n) is 17.2. The topological polar surface area (TPSA) is 106 Å². The number of hydrogen-bond donors (Lipinski definition) is 2. The summed E-state index contributed by atoms with van der Waals surface area (Å²) in [7, 11) is 1.56. The molecule has 1 heterocycles. The number of ether oxygens (including phenoxy) is 1. The molecule has 0 saturated heterocycles. The van der Waals surface area contributed by atoms with E-state index in [0.29, 0.717) is 11.3 Å². The van der Waals surface area contributed by atoms with Crippen LogP contribution in [0, 0.1) is 0 Å². The van der Waals surface area contributed by atoms with Gasteiger partial charge in [0.2, 0.25) is 11.8 Å². The van der Waals surface area contributed by atoms with Crippen molar-refractivity contribution in [1.82, 2.24) is 15.5 Å². The summed E-state index contributed by atoms with van der Waals surface area (Å²) in [6.45, 7) is 0.0840. The molecule has 9 heteroatoms. The van der Waals surface area contributed by atoms with Gasteiger partial charge in [-0.3, -0.25) is 9.59 Å². The summed E-state index contributed by atoms with van der Waals surface area (Å²) in [4.78, 5) is 24.6. The maximum atomic E-state index is 12.4. The molecule has 0 aliphatic carbocycles. The number of rotatable bonds is 8. The van der Waals surface area contributed by atoms with Gasteiger partial charge in [-0.2, -0.15) is 0 Å². The average molecular weight is 449 g/mol. The first-order valence-electron chi connectivity index (χ1n) is 9.77. The zero-order valence-corrected chi connectivity index (χ0v) is 18.0. The maximum Gasteiger partial charge on any atom is 0.277 e. The first kappa shape index (κ1) is 21.4. The third-order valence-electron chi connectivity index (χ3n) is 4.59. The Morgan fingerprint density at radius 2 is 1.78 bits per heavy atom. The zero-order chi connectivity index (χ0) is 22.3. The number of carbonyl (C=O) groups excluding carboxylic acids is 2. The minimum atomic E-state index is -0.269. The lowest BCUT2D eigenvalue weighted by Gasteiger charge is -2.07. The molecular weight excluding hydrogens is 428 g/mol. The van der Waals surface area contributed by atoms with Gasteiger partial charge in [0.05, 0.1) is 19.4 Å². The standard InChI is InChI=1S/C23H20N4O4S/c1-30-17-11-9-16(10-12-17)22(29)24-13-21-26-27-23(31-21)32-14-20(28)25-19-8-4-6-15-5-2-3-7-18(15)19/h2-12H,13-14H2,1H3,(H,24,29)(H,25,28). The minimum absolute atomic E-state index is 0.0840. The molecule has 0 spiro atoms. The predicted octanol–water partition coefficient (Wildman–Crippen LogP) is 3.89. The van der Waals surface area contributed by atoms with Crippen molar-refractivity contribution in [2.24, 2.45) is 0 Å². The highest BCUT2D eigenvalue weighted by molar-refractivity contribution is 7.99. The van der Waals surface area contributed by atoms with E-state index in [1.54, 1.807) is 31.4 Å². The fraction of sp³-hybridized carbons (Fsp3) is 0.130. The van der Waals surface area contributed by atoms with E-state index in [0.717, 1.165) is 28.2 Å². The highest BCUT2D eigenvalue weighted by atomic mass is 32.2. The Labute approximate surface area is 188 Å². The average Bonchev–Trinajstić information content (AvgIpc) is 3.29. The second-order valence-electron chi connectivity index (χ2n) is 6.74. The first-order chi connectivity index (χ1) is 15.6. The lowest BCUT2D eigenvalue weighted by molar-refractivity contribution is -0.113. The van der Waals surface area contributed by atoms with Crippen molar-refractivity contribution in [3.05, 3.63) is 78.2 Å². The van der Waals surface area contributed by atoms with Crippen molar-refractivity contribution in [2.75, 3.05) is 18.2 Å². The fourth-order valence-electron chi connectivity index (χ4n) is 3.02. The second-order valence-corrected chi connectivity index (χ2v) is 7.66. The fourth-order valence-corrected chi connectivity index (χ4v) is 3.60. The normalized spacial score (nSPS) is 10.7. The van der Waals surface area contributed by atoms with Crippen LogP contribution in [-0.2, 0) is 11.3 Å². The van der Waals surface area contributed by atoms with Crippen molar-refractivity contribution < 1.29 is 18.7 Å². The van der Waals surface area contributed by atoms with Crippen LogP contribution in [0.15, 0.2) is 76.4 Å². The van der Waals surface area contributed by atoms with E-state index in [-0.39, 0.29) is 35.2 Å². The van der Waals surface area contributed by atoms with Crippen molar-refractivity contribution >= 4 is 40.0 Å². The molecule has 0 saturated carbocycles.